The Labute approximate surface area is 116 Å². The zero-order chi connectivity index (χ0) is 15.2. The lowest BCUT2D eigenvalue weighted by molar-refractivity contribution is 0.0985. The average Bonchev–Trinajstić information content (AvgIpc) is 2.40. The Morgan fingerprint density at radius 2 is 1.80 bits per heavy atom. The van der Waals surface area contributed by atoms with E-state index in [1.165, 1.54) is 12.1 Å². The van der Waals surface area contributed by atoms with Gasteiger partial charge in [0.05, 0.1) is 19.3 Å². The fraction of sp³-hybridized carbons (Fsp3) is 0.385. The molecule has 0 bridgehead atoms. The highest BCUT2D eigenvalue weighted by Crippen LogP contribution is 2.53. The Hall–Kier alpha value is -1.54. The summed E-state index contributed by atoms with van der Waals surface area (Å²) in [5.41, 5.74) is -1.48. The first-order valence-electron chi connectivity index (χ1n) is 6.06. The number of ketones is 1. The van der Waals surface area contributed by atoms with E-state index in [4.69, 9.17) is 14.3 Å². The van der Waals surface area contributed by atoms with Crippen LogP contribution in [0.2, 0.25) is 0 Å². The van der Waals surface area contributed by atoms with Crippen LogP contribution in [0.3, 0.4) is 0 Å². The minimum absolute atomic E-state index is 0.0478. The van der Waals surface area contributed by atoms with Gasteiger partial charge in [-0.3, -0.25) is 9.36 Å². The number of carbonyl (C=O) groups is 1. The zero-order valence-corrected chi connectivity index (χ0v) is 12.1. The number of hydrogen-bond acceptors (Lipinski definition) is 5. The molecule has 0 aliphatic heterocycles. The number of halogens is 1. The maximum atomic E-state index is 12.8. The summed E-state index contributed by atoms with van der Waals surface area (Å²) in [4.78, 5) is 12.2. The molecule has 7 heteroatoms. The van der Waals surface area contributed by atoms with Gasteiger partial charge in [-0.15, -0.1) is 0 Å². The SMILES string of the molecule is CCOP(=O)(OCC)[C@H](C#N)C(=O)c1ccc(F)cc1. The van der Waals surface area contributed by atoms with E-state index in [2.05, 4.69) is 0 Å². The largest absolute Gasteiger partial charge is 0.355 e. The summed E-state index contributed by atoms with van der Waals surface area (Å²) in [7, 11) is -3.87. The molecular formula is C13H15FNO4P. The molecule has 108 valence electrons. The fourth-order valence-corrected chi connectivity index (χ4v) is 3.26. The average molecular weight is 299 g/mol. The third-order valence-electron chi connectivity index (χ3n) is 2.43. The first-order chi connectivity index (χ1) is 9.48. The van der Waals surface area contributed by atoms with Crippen molar-refractivity contribution >= 4 is 13.4 Å². The van der Waals surface area contributed by atoms with Crippen LogP contribution in [0.25, 0.3) is 0 Å². The van der Waals surface area contributed by atoms with E-state index in [0.717, 1.165) is 12.1 Å². The van der Waals surface area contributed by atoms with E-state index in [9.17, 15) is 13.8 Å². The van der Waals surface area contributed by atoms with Crippen LogP contribution in [-0.4, -0.2) is 24.7 Å². The molecule has 0 unspecified atom stereocenters. The van der Waals surface area contributed by atoms with Gasteiger partial charge in [0.1, 0.15) is 5.82 Å². The smallest absolute Gasteiger partial charge is 0.308 e. The Morgan fingerprint density at radius 3 is 2.20 bits per heavy atom. The highest BCUT2D eigenvalue weighted by Gasteiger charge is 2.41. The summed E-state index contributed by atoms with van der Waals surface area (Å²) in [6.07, 6.45) is 0. The van der Waals surface area contributed by atoms with Crippen LogP contribution >= 0.6 is 7.60 Å². The predicted molar refractivity (Wildman–Crippen MR) is 71.0 cm³/mol. The van der Waals surface area contributed by atoms with Crippen molar-refractivity contribution in [2.45, 2.75) is 19.5 Å². The Kier molecular flexibility index (Phi) is 6.03. The van der Waals surface area contributed by atoms with Gasteiger partial charge in [-0.25, -0.2) is 4.39 Å². The lowest BCUT2D eigenvalue weighted by atomic mass is 10.1. The number of nitriles is 1. The molecular weight excluding hydrogens is 284 g/mol. The van der Waals surface area contributed by atoms with Gasteiger partial charge in [0.15, 0.2) is 5.78 Å². The van der Waals surface area contributed by atoms with E-state index in [0.29, 0.717) is 0 Å². The maximum absolute atomic E-state index is 12.8. The van der Waals surface area contributed by atoms with Crippen LogP contribution in [0, 0.1) is 17.1 Å². The van der Waals surface area contributed by atoms with Crippen LogP contribution in [0.15, 0.2) is 24.3 Å². The lowest BCUT2D eigenvalue weighted by Crippen LogP contribution is -2.22. The minimum Gasteiger partial charge on any atom is -0.308 e. The van der Waals surface area contributed by atoms with Gasteiger partial charge in [0.2, 0.25) is 5.66 Å². The number of nitrogens with zero attached hydrogens (tertiary/aromatic N) is 1. The maximum Gasteiger partial charge on any atom is 0.355 e. The Morgan fingerprint density at radius 1 is 1.30 bits per heavy atom. The topological polar surface area (TPSA) is 76.4 Å². The van der Waals surface area contributed by atoms with Crippen molar-refractivity contribution in [1.82, 2.24) is 0 Å². The van der Waals surface area contributed by atoms with Gasteiger partial charge >= 0.3 is 7.60 Å². The van der Waals surface area contributed by atoms with Crippen molar-refractivity contribution in [2.75, 3.05) is 13.2 Å². The molecule has 1 aromatic carbocycles. The fourth-order valence-electron chi connectivity index (χ4n) is 1.59. The van der Waals surface area contributed by atoms with Gasteiger partial charge in [0.25, 0.3) is 0 Å². The third kappa shape index (κ3) is 3.73. The Bertz CT molecular complexity index is 542. The molecule has 1 atom stereocenters. The summed E-state index contributed by atoms with van der Waals surface area (Å²) in [6, 6.07) is 6.30. The highest BCUT2D eigenvalue weighted by molar-refractivity contribution is 7.56. The van der Waals surface area contributed by atoms with Gasteiger partial charge in [-0.1, -0.05) is 0 Å². The molecule has 0 radical (unpaired) electrons. The van der Waals surface area contributed by atoms with Crippen LogP contribution in [-0.2, 0) is 13.6 Å². The number of carbonyl (C=O) groups excluding carboxylic acids is 1. The number of benzene rings is 1. The van der Waals surface area contributed by atoms with Crippen molar-refractivity contribution in [3.8, 4) is 6.07 Å². The second-order valence-corrected chi connectivity index (χ2v) is 5.89. The number of rotatable bonds is 7. The molecule has 0 heterocycles. The normalized spacial score (nSPS) is 12.7. The molecule has 0 spiro atoms. The van der Waals surface area contributed by atoms with Crippen LogP contribution in [0.4, 0.5) is 4.39 Å². The second kappa shape index (κ2) is 7.30. The van der Waals surface area contributed by atoms with Gasteiger partial charge in [0, 0.05) is 5.56 Å². The van der Waals surface area contributed by atoms with E-state index in [-0.39, 0.29) is 18.8 Å². The zero-order valence-electron chi connectivity index (χ0n) is 11.2. The summed E-state index contributed by atoms with van der Waals surface area (Å²) in [5.74, 6) is -1.22. The molecule has 1 rings (SSSR count). The molecule has 0 N–H and O–H groups in total. The van der Waals surface area contributed by atoms with Crippen LogP contribution < -0.4 is 0 Å². The van der Waals surface area contributed by atoms with E-state index >= 15 is 0 Å². The molecule has 0 saturated heterocycles. The Balaban J connectivity index is 3.11. The van der Waals surface area contributed by atoms with E-state index in [1.807, 2.05) is 0 Å². The predicted octanol–water partition coefficient (Wildman–Crippen LogP) is 3.17. The lowest BCUT2D eigenvalue weighted by Gasteiger charge is -2.20. The quantitative estimate of drug-likeness (QED) is 0.571. The highest BCUT2D eigenvalue weighted by atomic mass is 31.2. The number of Topliss-reactive ketones (excluding diaryl/α,β-unsaturated/α-hetero) is 1. The molecule has 0 saturated carbocycles. The standard InChI is InChI=1S/C13H15FNO4P/c1-3-18-20(17,19-4-2)12(9-15)13(16)10-5-7-11(14)8-6-10/h5-8,12H,3-4H2,1-2H3/t12-/m1/s1. The molecule has 0 aliphatic rings. The van der Waals surface area contributed by atoms with Crippen LogP contribution in [0.5, 0.6) is 0 Å². The van der Waals surface area contributed by atoms with Crippen LogP contribution in [0.1, 0.15) is 24.2 Å². The summed E-state index contributed by atoms with van der Waals surface area (Å²) < 4.78 is 35.3. The van der Waals surface area contributed by atoms with Crippen molar-refractivity contribution in [3.05, 3.63) is 35.6 Å². The van der Waals surface area contributed by atoms with Gasteiger partial charge in [-0.05, 0) is 38.1 Å². The molecule has 0 fully saturated rings. The molecule has 0 aromatic heterocycles. The third-order valence-corrected chi connectivity index (χ3v) is 4.65. The monoisotopic (exact) mass is 299 g/mol. The second-order valence-electron chi connectivity index (χ2n) is 3.78. The minimum atomic E-state index is -3.87. The van der Waals surface area contributed by atoms with Crippen molar-refractivity contribution in [2.24, 2.45) is 0 Å². The van der Waals surface area contributed by atoms with E-state index < -0.39 is 24.9 Å². The van der Waals surface area contributed by atoms with Crippen molar-refractivity contribution < 1.29 is 22.8 Å². The summed E-state index contributed by atoms with van der Waals surface area (Å²) in [5, 5.41) is 9.12. The molecule has 20 heavy (non-hydrogen) atoms. The summed E-state index contributed by atoms with van der Waals surface area (Å²) in [6.45, 7) is 3.27. The number of hydrogen-bond donors (Lipinski definition) is 0. The van der Waals surface area contributed by atoms with Gasteiger partial charge < -0.3 is 9.05 Å². The summed E-state index contributed by atoms with van der Waals surface area (Å²) >= 11 is 0. The molecule has 5 nitrogen and oxygen atoms in total. The first-order valence-corrected chi connectivity index (χ1v) is 7.67. The first kappa shape index (κ1) is 16.5. The van der Waals surface area contributed by atoms with Gasteiger partial charge in [-0.2, -0.15) is 5.26 Å². The molecule has 1 aromatic rings. The molecule has 0 aliphatic carbocycles. The van der Waals surface area contributed by atoms with E-state index in [1.54, 1.807) is 19.9 Å². The molecule has 0 amide bonds. The van der Waals surface area contributed by atoms with Crippen molar-refractivity contribution in [1.29, 1.82) is 5.26 Å². The van der Waals surface area contributed by atoms with Crippen molar-refractivity contribution in [3.63, 3.8) is 0 Å².